The van der Waals surface area contributed by atoms with Crippen molar-refractivity contribution in [1.82, 2.24) is 24.9 Å². The number of alkyl halides is 4. The van der Waals surface area contributed by atoms with Crippen LogP contribution in [0.1, 0.15) is 60.6 Å². The van der Waals surface area contributed by atoms with Crippen LogP contribution >= 0.6 is 0 Å². The molecule has 1 aromatic heterocycles. The lowest BCUT2D eigenvalue weighted by molar-refractivity contribution is -0.146. The van der Waals surface area contributed by atoms with Gasteiger partial charge in [0.15, 0.2) is 0 Å². The quantitative estimate of drug-likeness (QED) is 0.186. The molecule has 0 bridgehead atoms. The molecule has 0 radical (unpaired) electrons. The second kappa shape index (κ2) is 14.4. The van der Waals surface area contributed by atoms with Gasteiger partial charge in [-0.15, -0.1) is 0 Å². The Morgan fingerprint density at radius 3 is 2.57 bits per heavy atom. The molecule has 2 aliphatic rings. The van der Waals surface area contributed by atoms with Crippen molar-refractivity contribution in [2.75, 3.05) is 62.5 Å². The maximum absolute atomic E-state index is 14.0. The summed E-state index contributed by atoms with van der Waals surface area (Å²) in [4.78, 5) is 35.2. The van der Waals surface area contributed by atoms with Crippen LogP contribution in [0.3, 0.4) is 0 Å². The molecule has 2 aromatic carbocycles. The van der Waals surface area contributed by atoms with Gasteiger partial charge in [0, 0.05) is 57.1 Å². The van der Waals surface area contributed by atoms with Gasteiger partial charge in [0.05, 0.1) is 30.1 Å². The Balaban J connectivity index is 1.32. The van der Waals surface area contributed by atoms with E-state index < -0.39 is 36.2 Å². The van der Waals surface area contributed by atoms with E-state index in [1.165, 1.54) is 18.1 Å². The molecule has 1 fully saturated rings. The molecule has 15 heteroatoms. The second-order valence-corrected chi connectivity index (χ2v) is 11.2. The second-order valence-electron chi connectivity index (χ2n) is 11.2. The number of carbonyl (C=O) groups is 2. The fourth-order valence-corrected chi connectivity index (χ4v) is 5.95. The standard InChI is InChI=1S/C32H38F4N8O3/c1-4-44(42-15-5-6-16-42)27(45)12-14-37-21-10-11-24(26(18-21)47-3)40-31-38-19-23(32(34,35)36)29(41-31)39-25-9-7-8-22-20(2)43(17-13-33)30(46)28(22)25/h7-11,18-20,37H,4-6,12-17H2,1-3H3,(H2,38,39,40,41). The molecule has 0 aliphatic carbocycles. The number of hydrogen-bond donors (Lipinski definition) is 3. The fourth-order valence-electron chi connectivity index (χ4n) is 5.95. The molecule has 11 nitrogen and oxygen atoms in total. The zero-order chi connectivity index (χ0) is 33.7. The van der Waals surface area contributed by atoms with Crippen molar-refractivity contribution in [2.24, 2.45) is 0 Å². The predicted molar refractivity (Wildman–Crippen MR) is 170 cm³/mol. The van der Waals surface area contributed by atoms with Crippen molar-refractivity contribution in [3.05, 3.63) is 59.3 Å². The average Bonchev–Trinajstić information content (AvgIpc) is 3.65. The first-order chi connectivity index (χ1) is 22.5. The van der Waals surface area contributed by atoms with Crippen LogP contribution in [-0.4, -0.2) is 83.2 Å². The number of halogens is 4. The Labute approximate surface area is 270 Å². The van der Waals surface area contributed by atoms with Crippen LogP contribution in [0.25, 0.3) is 0 Å². The van der Waals surface area contributed by atoms with E-state index in [1.54, 1.807) is 42.3 Å². The highest BCUT2D eigenvalue weighted by Gasteiger charge is 2.38. The van der Waals surface area contributed by atoms with Crippen molar-refractivity contribution in [2.45, 2.75) is 45.3 Å². The van der Waals surface area contributed by atoms with Crippen LogP contribution in [0.5, 0.6) is 5.75 Å². The third kappa shape index (κ3) is 7.34. The van der Waals surface area contributed by atoms with Gasteiger partial charge in [-0.2, -0.15) is 18.2 Å². The molecule has 1 saturated heterocycles. The minimum absolute atomic E-state index is 0.0347. The lowest BCUT2D eigenvalue weighted by Gasteiger charge is -2.30. The first-order valence-electron chi connectivity index (χ1n) is 15.5. The normalized spacial score (nSPS) is 16.3. The van der Waals surface area contributed by atoms with E-state index in [0.717, 1.165) is 25.9 Å². The van der Waals surface area contributed by atoms with Gasteiger partial charge < -0.3 is 25.6 Å². The summed E-state index contributed by atoms with van der Waals surface area (Å²) in [5, 5.41) is 12.7. The number of methoxy groups -OCH3 is 1. The van der Waals surface area contributed by atoms with Gasteiger partial charge in [-0.1, -0.05) is 12.1 Å². The van der Waals surface area contributed by atoms with Crippen LogP contribution in [0, 0.1) is 0 Å². The smallest absolute Gasteiger partial charge is 0.421 e. The lowest BCUT2D eigenvalue weighted by Crippen LogP contribution is -2.45. The number of benzene rings is 2. The van der Waals surface area contributed by atoms with E-state index >= 15 is 0 Å². The number of fused-ring (bicyclic) bond motifs is 1. The van der Waals surface area contributed by atoms with E-state index in [2.05, 4.69) is 30.9 Å². The fraction of sp³-hybridized carbons (Fsp3) is 0.438. The Bertz CT molecular complexity index is 1600. The minimum atomic E-state index is -4.80. The monoisotopic (exact) mass is 658 g/mol. The Kier molecular flexibility index (Phi) is 10.3. The number of hydrogen-bond acceptors (Lipinski definition) is 9. The molecule has 5 rings (SSSR count). The number of ether oxygens (including phenoxy) is 1. The third-order valence-corrected chi connectivity index (χ3v) is 8.29. The zero-order valence-corrected chi connectivity index (χ0v) is 26.5. The summed E-state index contributed by atoms with van der Waals surface area (Å²) in [5.74, 6) is -0.804. The summed E-state index contributed by atoms with van der Waals surface area (Å²) in [6, 6.07) is 9.43. The number of amides is 2. The van der Waals surface area contributed by atoms with Gasteiger partial charge in [-0.3, -0.25) is 14.6 Å². The van der Waals surface area contributed by atoms with Crippen LogP contribution < -0.4 is 20.7 Å². The number of nitrogens with one attached hydrogen (secondary N) is 3. The summed E-state index contributed by atoms with van der Waals surface area (Å²) < 4.78 is 60.7. The van der Waals surface area contributed by atoms with Gasteiger partial charge >= 0.3 is 6.18 Å². The number of carbonyl (C=O) groups excluding carboxylic acids is 2. The van der Waals surface area contributed by atoms with Crippen molar-refractivity contribution >= 4 is 40.6 Å². The Morgan fingerprint density at radius 2 is 1.89 bits per heavy atom. The molecule has 0 spiro atoms. The van der Waals surface area contributed by atoms with E-state index in [0.29, 0.717) is 48.4 Å². The summed E-state index contributed by atoms with van der Waals surface area (Å²) >= 11 is 0. The molecule has 3 aromatic rings. The largest absolute Gasteiger partial charge is 0.494 e. The Morgan fingerprint density at radius 1 is 1.13 bits per heavy atom. The minimum Gasteiger partial charge on any atom is -0.494 e. The SMILES string of the molecule is CCN(C(=O)CCNc1ccc(Nc2ncc(C(F)(F)F)c(Nc3cccc4c3C(=O)N(CCF)C4C)n2)c(OC)c1)N1CCCC1. The van der Waals surface area contributed by atoms with Crippen LogP contribution in [-0.2, 0) is 11.0 Å². The van der Waals surface area contributed by atoms with Gasteiger partial charge in [0.1, 0.15) is 23.8 Å². The number of nitrogens with zero attached hydrogens (tertiary/aromatic N) is 5. The van der Waals surface area contributed by atoms with Crippen molar-refractivity contribution in [1.29, 1.82) is 0 Å². The zero-order valence-electron chi connectivity index (χ0n) is 26.5. The predicted octanol–water partition coefficient (Wildman–Crippen LogP) is 6.14. The third-order valence-electron chi connectivity index (χ3n) is 8.29. The van der Waals surface area contributed by atoms with E-state index in [4.69, 9.17) is 4.74 Å². The highest BCUT2D eigenvalue weighted by atomic mass is 19.4. The number of hydrazine groups is 1. The molecule has 1 atom stereocenters. The molecule has 2 aliphatic heterocycles. The number of rotatable bonds is 13. The topological polar surface area (TPSA) is 115 Å². The molecule has 1 unspecified atom stereocenters. The average molecular weight is 659 g/mol. The van der Waals surface area contributed by atoms with Gasteiger partial charge in [-0.05, 0) is 50.5 Å². The molecular formula is C32H38F4N8O3. The van der Waals surface area contributed by atoms with E-state index in [1.807, 2.05) is 6.92 Å². The maximum Gasteiger partial charge on any atom is 0.421 e. The highest BCUT2D eigenvalue weighted by molar-refractivity contribution is 6.04. The molecule has 47 heavy (non-hydrogen) atoms. The molecule has 0 saturated carbocycles. The van der Waals surface area contributed by atoms with Crippen molar-refractivity contribution in [3.8, 4) is 5.75 Å². The van der Waals surface area contributed by atoms with E-state index in [-0.39, 0.29) is 29.7 Å². The molecule has 252 valence electrons. The van der Waals surface area contributed by atoms with Gasteiger partial charge in [-0.25, -0.2) is 14.4 Å². The first-order valence-corrected chi connectivity index (χ1v) is 15.5. The van der Waals surface area contributed by atoms with Gasteiger partial charge in [0.25, 0.3) is 5.91 Å². The molecule has 2 amide bonds. The molecule has 3 heterocycles. The first kappa shape index (κ1) is 33.7. The number of aromatic nitrogens is 2. The van der Waals surface area contributed by atoms with Crippen LogP contribution in [0.15, 0.2) is 42.6 Å². The van der Waals surface area contributed by atoms with Gasteiger partial charge in [0.2, 0.25) is 11.9 Å². The van der Waals surface area contributed by atoms with E-state index in [9.17, 15) is 27.2 Å². The summed E-state index contributed by atoms with van der Waals surface area (Å²) in [6.07, 6.45) is -1.69. The Hall–Kier alpha value is -4.66. The molecular weight excluding hydrogens is 620 g/mol. The summed E-state index contributed by atoms with van der Waals surface area (Å²) in [6.45, 7) is 5.58. The van der Waals surface area contributed by atoms with Crippen LogP contribution in [0.4, 0.5) is 46.4 Å². The maximum atomic E-state index is 14.0. The molecule has 3 N–H and O–H groups in total. The summed E-state index contributed by atoms with van der Waals surface area (Å²) in [5.41, 5.74) is 0.791. The summed E-state index contributed by atoms with van der Waals surface area (Å²) in [7, 11) is 1.45. The number of anilines is 5. The van der Waals surface area contributed by atoms with Crippen molar-refractivity contribution < 1.29 is 31.9 Å². The highest BCUT2D eigenvalue weighted by Crippen LogP contribution is 2.41. The lowest BCUT2D eigenvalue weighted by atomic mass is 10.0. The van der Waals surface area contributed by atoms with Crippen molar-refractivity contribution in [3.63, 3.8) is 0 Å². The van der Waals surface area contributed by atoms with Crippen LogP contribution in [0.2, 0.25) is 0 Å².